The van der Waals surface area contributed by atoms with Crippen LogP contribution in [0.5, 0.6) is 0 Å². The number of H-pyrrole nitrogens is 1. The summed E-state index contributed by atoms with van der Waals surface area (Å²) in [6, 6.07) is 5.01. The first-order valence-electron chi connectivity index (χ1n) is 6.77. The Balaban J connectivity index is 2.42. The van der Waals surface area contributed by atoms with E-state index in [4.69, 9.17) is 0 Å². The van der Waals surface area contributed by atoms with Crippen LogP contribution in [0.3, 0.4) is 0 Å². The second-order valence-corrected chi connectivity index (χ2v) is 6.40. The molecule has 2 nitrogen and oxygen atoms in total. The van der Waals surface area contributed by atoms with Crippen LogP contribution in [0.1, 0.15) is 49.2 Å². The minimum absolute atomic E-state index is 0.195. The number of hydrogen-bond acceptors (Lipinski definition) is 1. The molecule has 1 atom stereocenters. The molecule has 0 bridgehead atoms. The summed E-state index contributed by atoms with van der Waals surface area (Å²) < 4.78 is 0. The van der Waals surface area contributed by atoms with Crippen molar-refractivity contribution in [3.63, 3.8) is 0 Å². The molecule has 1 aromatic carbocycles. The Hall–Kier alpha value is -1.28. The van der Waals surface area contributed by atoms with Crippen molar-refractivity contribution in [3.8, 4) is 0 Å². The molecule has 0 fully saturated rings. The number of aryl methyl sites for hydroxylation is 2. The van der Waals surface area contributed by atoms with E-state index in [1.54, 1.807) is 0 Å². The SMILES string of the molecule is Cc1cc(C)c2[nH]c3c(c2c1)C(C)(C)CNC3C. The molecule has 0 radical (unpaired) electrons. The molecule has 0 saturated carbocycles. The lowest BCUT2D eigenvalue weighted by atomic mass is 9.78. The number of aromatic amines is 1. The summed E-state index contributed by atoms with van der Waals surface area (Å²) in [6.07, 6.45) is 0. The minimum atomic E-state index is 0.195. The molecule has 3 rings (SSSR count). The van der Waals surface area contributed by atoms with E-state index in [-0.39, 0.29) is 5.41 Å². The van der Waals surface area contributed by atoms with E-state index in [0.29, 0.717) is 6.04 Å². The molecular weight excluding hydrogens is 220 g/mol. The maximum absolute atomic E-state index is 3.65. The normalized spacial score (nSPS) is 22.2. The number of fused-ring (bicyclic) bond motifs is 3. The molecule has 2 aromatic rings. The van der Waals surface area contributed by atoms with E-state index in [9.17, 15) is 0 Å². The van der Waals surface area contributed by atoms with Gasteiger partial charge in [-0.2, -0.15) is 0 Å². The Morgan fingerprint density at radius 2 is 1.94 bits per heavy atom. The minimum Gasteiger partial charge on any atom is -0.357 e. The average molecular weight is 242 g/mol. The Kier molecular flexibility index (Phi) is 2.36. The van der Waals surface area contributed by atoms with Crippen molar-refractivity contribution in [3.05, 3.63) is 34.5 Å². The molecule has 0 spiro atoms. The van der Waals surface area contributed by atoms with E-state index in [1.165, 1.54) is 33.3 Å². The van der Waals surface area contributed by atoms with Crippen LogP contribution in [0.2, 0.25) is 0 Å². The van der Waals surface area contributed by atoms with Gasteiger partial charge in [-0.15, -0.1) is 0 Å². The topological polar surface area (TPSA) is 27.8 Å². The fourth-order valence-corrected chi connectivity index (χ4v) is 3.33. The molecular formula is C16H22N2. The molecule has 2 N–H and O–H groups in total. The molecule has 0 aliphatic carbocycles. The number of nitrogens with one attached hydrogen (secondary N) is 2. The van der Waals surface area contributed by atoms with Crippen LogP contribution in [0.4, 0.5) is 0 Å². The average Bonchev–Trinajstić information content (AvgIpc) is 2.65. The zero-order valence-corrected chi connectivity index (χ0v) is 11.9. The van der Waals surface area contributed by atoms with Crippen molar-refractivity contribution in [2.75, 3.05) is 6.54 Å². The van der Waals surface area contributed by atoms with Gasteiger partial charge in [-0.1, -0.05) is 25.5 Å². The van der Waals surface area contributed by atoms with Crippen LogP contribution in [0, 0.1) is 13.8 Å². The van der Waals surface area contributed by atoms with E-state index in [0.717, 1.165) is 6.54 Å². The molecule has 1 aliphatic rings. The first kappa shape index (κ1) is 11.8. The quantitative estimate of drug-likeness (QED) is 0.724. The van der Waals surface area contributed by atoms with Gasteiger partial charge in [0.1, 0.15) is 0 Å². The van der Waals surface area contributed by atoms with Crippen molar-refractivity contribution in [1.29, 1.82) is 0 Å². The zero-order chi connectivity index (χ0) is 13.1. The maximum Gasteiger partial charge on any atom is 0.0489 e. The van der Waals surface area contributed by atoms with Crippen LogP contribution in [-0.2, 0) is 5.41 Å². The Bertz CT molecular complexity index is 620. The summed E-state index contributed by atoms with van der Waals surface area (Å²) in [4.78, 5) is 3.65. The highest BCUT2D eigenvalue weighted by atomic mass is 15.0. The molecule has 1 aliphatic heterocycles. The highest BCUT2D eigenvalue weighted by molar-refractivity contribution is 5.89. The van der Waals surface area contributed by atoms with E-state index in [2.05, 4.69) is 57.1 Å². The third-order valence-corrected chi connectivity index (χ3v) is 4.24. The molecule has 18 heavy (non-hydrogen) atoms. The fraction of sp³-hybridized carbons (Fsp3) is 0.500. The molecule has 1 aromatic heterocycles. The molecule has 0 saturated heterocycles. The van der Waals surface area contributed by atoms with Crippen LogP contribution < -0.4 is 5.32 Å². The lowest BCUT2D eigenvalue weighted by molar-refractivity contribution is 0.394. The van der Waals surface area contributed by atoms with Crippen LogP contribution in [-0.4, -0.2) is 11.5 Å². The summed E-state index contributed by atoms with van der Waals surface area (Å²) in [7, 11) is 0. The number of hydrogen-bond donors (Lipinski definition) is 2. The lowest BCUT2D eigenvalue weighted by Crippen LogP contribution is -2.40. The highest BCUT2D eigenvalue weighted by Crippen LogP contribution is 2.40. The number of aromatic nitrogens is 1. The van der Waals surface area contributed by atoms with Crippen molar-refractivity contribution in [2.45, 2.75) is 46.1 Å². The molecule has 96 valence electrons. The van der Waals surface area contributed by atoms with E-state index in [1.807, 2.05) is 0 Å². The van der Waals surface area contributed by atoms with Crippen LogP contribution >= 0.6 is 0 Å². The van der Waals surface area contributed by atoms with Gasteiger partial charge in [0.05, 0.1) is 0 Å². The van der Waals surface area contributed by atoms with Crippen molar-refractivity contribution in [1.82, 2.24) is 10.3 Å². The highest BCUT2D eigenvalue weighted by Gasteiger charge is 2.34. The van der Waals surface area contributed by atoms with Gasteiger partial charge in [-0.3, -0.25) is 0 Å². The van der Waals surface area contributed by atoms with Crippen molar-refractivity contribution >= 4 is 10.9 Å². The Labute approximate surface area is 109 Å². The van der Waals surface area contributed by atoms with Crippen molar-refractivity contribution < 1.29 is 0 Å². The van der Waals surface area contributed by atoms with Gasteiger partial charge >= 0.3 is 0 Å². The maximum atomic E-state index is 3.65. The zero-order valence-electron chi connectivity index (χ0n) is 11.9. The van der Waals surface area contributed by atoms with Crippen molar-refractivity contribution in [2.24, 2.45) is 0 Å². The Morgan fingerprint density at radius 3 is 2.67 bits per heavy atom. The lowest BCUT2D eigenvalue weighted by Gasteiger charge is -2.34. The van der Waals surface area contributed by atoms with E-state index < -0.39 is 0 Å². The second-order valence-electron chi connectivity index (χ2n) is 6.40. The molecule has 2 heteroatoms. The largest absolute Gasteiger partial charge is 0.357 e. The van der Waals surface area contributed by atoms with Gasteiger partial charge in [-0.25, -0.2) is 0 Å². The smallest absolute Gasteiger partial charge is 0.0489 e. The predicted octanol–water partition coefficient (Wildman–Crippen LogP) is 3.73. The summed E-state index contributed by atoms with van der Waals surface area (Å²) in [5.41, 5.74) is 7.09. The van der Waals surface area contributed by atoms with Crippen LogP contribution in [0.15, 0.2) is 12.1 Å². The van der Waals surface area contributed by atoms with Crippen LogP contribution in [0.25, 0.3) is 10.9 Å². The summed E-state index contributed by atoms with van der Waals surface area (Å²) in [5.74, 6) is 0. The fourth-order valence-electron chi connectivity index (χ4n) is 3.33. The first-order valence-corrected chi connectivity index (χ1v) is 6.77. The summed E-state index contributed by atoms with van der Waals surface area (Å²) >= 11 is 0. The third kappa shape index (κ3) is 1.52. The first-order chi connectivity index (χ1) is 8.40. The monoisotopic (exact) mass is 242 g/mol. The standard InChI is InChI=1S/C16H22N2/c1-9-6-10(2)14-12(7-9)13-15(18-14)11(3)17-8-16(13,4)5/h6-7,11,17-18H,8H2,1-5H3. The van der Waals surface area contributed by atoms with Gasteiger partial charge in [-0.05, 0) is 38.0 Å². The number of benzene rings is 1. The summed E-state index contributed by atoms with van der Waals surface area (Å²) in [5, 5.41) is 5.01. The summed E-state index contributed by atoms with van der Waals surface area (Å²) in [6.45, 7) is 12.3. The molecule has 1 unspecified atom stereocenters. The van der Waals surface area contributed by atoms with Gasteiger partial charge in [0.2, 0.25) is 0 Å². The van der Waals surface area contributed by atoms with Gasteiger partial charge in [0.25, 0.3) is 0 Å². The second kappa shape index (κ2) is 3.61. The Morgan fingerprint density at radius 1 is 1.22 bits per heavy atom. The molecule has 0 amide bonds. The number of rotatable bonds is 0. The van der Waals surface area contributed by atoms with Gasteiger partial charge in [0, 0.05) is 34.6 Å². The molecule has 2 heterocycles. The van der Waals surface area contributed by atoms with Gasteiger partial charge < -0.3 is 10.3 Å². The van der Waals surface area contributed by atoms with E-state index >= 15 is 0 Å². The predicted molar refractivity (Wildman–Crippen MR) is 77.2 cm³/mol. The third-order valence-electron chi connectivity index (χ3n) is 4.24. The van der Waals surface area contributed by atoms with Gasteiger partial charge in [0.15, 0.2) is 0 Å².